The minimum Gasteiger partial charge on any atom is -0.354 e. The summed E-state index contributed by atoms with van der Waals surface area (Å²) in [7, 11) is 0. The third-order valence-corrected chi connectivity index (χ3v) is 1.85. The first-order chi connectivity index (χ1) is 8.11. The second-order valence-corrected chi connectivity index (χ2v) is 3.78. The number of amides is 1. The molecule has 0 fully saturated rings. The molecule has 0 bridgehead atoms. The van der Waals surface area contributed by atoms with E-state index in [1.807, 2.05) is 19.9 Å². The molecule has 1 aromatic rings. The molecule has 0 spiro atoms. The first kappa shape index (κ1) is 12.9. The fourth-order valence-corrected chi connectivity index (χ4v) is 1.19. The van der Waals surface area contributed by atoms with Crippen molar-refractivity contribution in [2.45, 2.75) is 26.3 Å². The Balaban J connectivity index is 2.36. The van der Waals surface area contributed by atoms with Crippen LogP contribution in [0, 0.1) is 11.3 Å². The van der Waals surface area contributed by atoms with Crippen LogP contribution in [0.3, 0.4) is 0 Å². The van der Waals surface area contributed by atoms with Crippen LogP contribution >= 0.6 is 0 Å². The van der Waals surface area contributed by atoms with Gasteiger partial charge in [0.05, 0.1) is 0 Å². The molecule has 6 nitrogen and oxygen atoms in total. The van der Waals surface area contributed by atoms with Gasteiger partial charge in [0.2, 0.25) is 11.9 Å². The van der Waals surface area contributed by atoms with Crippen LogP contribution in [0.1, 0.15) is 26.0 Å². The Morgan fingerprint density at radius 1 is 1.59 bits per heavy atom. The van der Waals surface area contributed by atoms with Crippen LogP contribution in [-0.4, -0.2) is 28.5 Å². The van der Waals surface area contributed by atoms with Crippen LogP contribution in [0.4, 0.5) is 5.95 Å². The number of anilines is 1. The molecule has 1 amide bonds. The van der Waals surface area contributed by atoms with Gasteiger partial charge < -0.3 is 10.6 Å². The first-order valence-corrected chi connectivity index (χ1v) is 5.38. The fourth-order valence-electron chi connectivity index (χ4n) is 1.19. The van der Waals surface area contributed by atoms with Gasteiger partial charge in [-0.25, -0.2) is 9.97 Å². The number of rotatable bonds is 5. The zero-order valence-electron chi connectivity index (χ0n) is 9.90. The number of hydrogen-bond acceptors (Lipinski definition) is 5. The highest BCUT2D eigenvalue weighted by Crippen LogP contribution is 1.98. The van der Waals surface area contributed by atoms with Gasteiger partial charge in [-0.1, -0.05) is 0 Å². The monoisotopic (exact) mass is 233 g/mol. The van der Waals surface area contributed by atoms with Crippen LogP contribution in [0.25, 0.3) is 0 Å². The van der Waals surface area contributed by atoms with Gasteiger partial charge in [-0.2, -0.15) is 5.26 Å². The summed E-state index contributed by atoms with van der Waals surface area (Å²) in [6, 6.07) is 3.59. The predicted molar refractivity (Wildman–Crippen MR) is 63.1 cm³/mol. The number of nitriles is 1. The molecule has 0 saturated carbocycles. The van der Waals surface area contributed by atoms with E-state index in [9.17, 15) is 4.79 Å². The Hall–Kier alpha value is -2.16. The van der Waals surface area contributed by atoms with Gasteiger partial charge in [-0.15, -0.1) is 0 Å². The molecule has 0 radical (unpaired) electrons. The van der Waals surface area contributed by atoms with Gasteiger partial charge in [0, 0.05) is 25.2 Å². The highest BCUT2D eigenvalue weighted by atomic mass is 16.1. The van der Waals surface area contributed by atoms with Crippen LogP contribution in [0.15, 0.2) is 12.3 Å². The molecule has 0 aliphatic carbocycles. The molecule has 0 unspecified atom stereocenters. The Bertz CT molecular complexity index is 424. The van der Waals surface area contributed by atoms with E-state index in [1.54, 1.807) is 0 Å². The number of carbonyl (C=O) groups is 1. The number of nitrogens with zero attached hydrogens (tertiary/aromatic N) is 3. The second kappa shape index (κ2) is 6.43. The lowest BCUT2D eigenvalue weighted by Crippen LogP contribution is -2.31. The lowest BCUT2D eigenvalue weighted by Gasteiger charge is -2.08. The van der Waals surface area contributed by atoms with E-state index in [-0.39, 0.29) is 11.9 Å². The Morgan fingerprint density at radius 3 is 3.00 bits per heavy atom. The van der Waals surface area contributed by atoms with Crippen molar-refractivity contribution >= 4 is 11.9 Å². The minimum atomic E-state index is -0.0241. The summed E-state index contributed by atoms with van der Waals surface area (Å²) in [6.07, 6.45) is 1.85. The molecule has 6 heteroatoms. The van der Waals surface area contributed by atoms with Gasteiger partial charge in [-0.3, -0.25) is 4.79 Å². The molecular weight excluding hydrogens is 218 g/mol. The van der Waals surface area contributed by atoms with Crippen molar-refractivity contribution in [2.24, 2.45) is 0 Å². The molecule has 17 heavy (non-hydrogen) atoms. The van der Waals surface area contributed by atoms with Crippen LogP contribution in [0.2, 0.25) is 0 Å². The van der Waals surface area contributed by atoms with Gasteiger partial charge in [0.1, 0.15) is 11.8 Å². The molecule has 1 aromatic heterocycles. The molecule has 90 valence electrons. The summed E-state index contributed by atoms with van der Waals surface area (Å²) < 4.78 is 0. The van der Waals surface area contributed by atoms with Gasteiger partial charge in [-0.05, 0) is 19.9 Å². The molecule has 0 atom stereocenters. The van der Waals surface area contributed by atoms with E-state index in [2.05, 4.69) is 20.6 Å². The number of hydrogen-bond donors (Lipinski definition) is 2. The lowest BCUT2D eigenvalue weighted by atomic mass is 10.3. The van der Waals surface area contributed by atoms with Crippen LogP contribution < -0.4 is 10.6 Å². The molecule has 0 saturated heterocycles. The van der Waals surface area contributed by atoms with Gasteiger partial charge in [0.25, 0.3) is 0 Å². The van der Waals surface area contributed by atoms with Crippen molar-refractivity contribution in [3.63, 3.8) is 0 Å². The van der Waals surface area contributed by atoms with Crippen molar-refractivity contribution in [2.75, 3.05) is 11.9 Å². The van der Waals surface area contributed by atoms with Crippen molar-refractivity contribution in [1.29, 1.82) is 5.26 Å². The summed E-state index contributed by atoms with van der Waals surface area (Å²) >= 11 is 0. The number of aromatic nitrogens is 2. The zero-order valence-corrected chi connectivity index (χ0v) is 9.90. The average Bonchev–Trinajstić information content (AvgIpc) is 2.28. The molecule has 1 rings (SSSR count). The maximum Gasteiger partial charge on any atom is 0.223 e. The lowest BCUT2D eigenvalue weighted by molar-refractivity contribution is -0.121. The van der Waals surface area contributed by atoms with Gasteiger partial charge in [0.15, 0.2) is 0 Å². The molecular formula is C11H15N5O. The van der Waals surface area contributed by atoms with E-state index in [1.165, 1.54) is 12.3 Å². The van der Waals surface area contributed by atoms with Gasteiger partial charge >= 0.3 is 0 Å². The molecule has 0 aromatic carbocycles. The minimum absolute atomic E-state index is 0.0241. The molecule has 0 aliphatic rings. The summed E-state index contributed by atoms with van der Waals surface area (Å²) in [4.78, 5) is 19.2. The predicted octanol–water partition coefficient (Wildman–Crippen LogP) is 0.675. The van der Waals surface area contributed by atoms with Crippen molar-refractivity contribution in [3.05, 3.63) is 18.0 Å². The van der Waals surface area contributed by atoms with E-state index < -0.39 is 0 Å². The molecule has 1 heterocycles. The normalized spacial score (nSPS) is 9.76. The standard InChI is InChI=1S/C11H15N5O/c1-8(2)15-10(17)4-6-14-11-13-5-3-9(7-12)16-11/h3,5,8H,4,6H2,1-2H3,(H,15,17)(H,13,14,16). The number of carbonyl (C=O) groups excluding carboxylic acids is 1. The zero-order chi connectivity index (χ0) is 12.7. The third-order valence-electron chi connectivity index (χ3n) is 1.85. The topological polar surface area (TPSA) is 90.7 Å². The first-order valence-electron chi connectivity index (χ1n) is 5.38. The van der Waals surface area contributed by atoms with Crippen molar-refractivity contribution in [1.82, 2.24) is 15.3 Å². The average molecular weight is 233 g/mol. The Morgan fingerprint density at radius 2 is 2.35 bits per heavy atom. The summed E-state index contributed by atoms with van der Waals surface area (Å²) in [5.41, 5.74) is 0.300. The fraction of sp³-hybridized carbons (Fsp3) is 0.455. The Kier molecular flexibility index (Phi) is 4.88. The third kappa shape index (κ3) is 4.93. The van der Waals surface area contributed by atoms with E-state index in [0.29, 0.717) is 24.6 Å². The number of nitrogens with one attached hydrogen (secondary N) is 2. The Labute approximate surface area is 100 Å². The summed E-state index contributed by atoms with van der Waals surface area (Å²) in [6.45, 7) is 4.25. The van der Waals surface area contributed by atoms with E-state index in [0.717, 1.165) is 0 Å². The quantitative estimate of drug-likeness (QED) is 0.780. The maximum atomic E-state index is 11.3. The van der Waals surface area contributed by atoms with Crippen molar-refractivity contribution in [3.8, 4) is 6.07 Å². The summed E-state index contributed by atoms with van der Waals surface area (Å²) in [5, 5.41) is 14.3. The molecule has 0 aliphatic heterocycles. The largest absolute Gasteiger partial charge is 0.354 e. The highest BCUT2D eigenvalue weighted by Gasteiger charge is 2.03. The van der Waals surface area contributed by atoms with Crippen molar-refractivity contribution < 1.29 is 4.79 Å². The van der Waals surface area contributed by atoms with Crippen LogP contribution in [-0.2, 0) is 4.79 Å². The molecule has 2 N–H and O–H groups in total. The summed E-state index contributed by atoms with van der Waals surface area (Å²) in [5.74, 6) is 0.338. The smallest absolute Gasteiger partial charge is 0.223 e. The second-order valence-electron chi connectivity index (χ2n) is 3.78. The van der Waals surface area contributed by atoms with Crippen LogP contribution in [0.5, 0.6) is 0 Å². The SMILES string of the molecule is CC(C)NC(=O)CCNc1nccc(C#N)n1. The van der Waals surface area contributed by atoms with E-state index in [4.69, 9.17) is 5.26 Å². The highest BCUT2D eigenvalue weighted by molar-refractivity contribution is 5.76. The van der Waals surface area contributed by atoms with E-state index >= 15 is 0 Å². The maximum absolute atomic E-state index is 11.3.